The standard InChI is InChI=1S/C20H28/c1-3-12-19-14-5-6-15-20(19)13-4-2-9-18-11-7-10-17(8-1)16-18/h17-20H,5-16H2. The smallest absolute Gasteiger partial charge is 0.0120 e. The Morgan fingerprint density at radius 3 is 1.55 bits per heavy atom. The molecular weight excluding hydrogens is 240 g/mol. The summed E-state index contributed by atoms with van der Waals surface area (Å²) in [6.45, 7) is 0. The molecule has 3 rings (SSSR count). The topological polar surface area (TPSA) is 0 Å². The monoisotopic (exact) mass is 268 g/mol. The van der Waals surface area contributed by atoms with Crippen molar-refractivity contribution < 1.29 is 0 Å². The zero-order valence-corrected chi connectivity index (χ0v) is 12.8. The van der Waals surface area contributed by atoms with Gasteiger partial charge in [-0.25, -0.2) is 0 Å². The molecule has 2 fully saturated rings. The van der Waals surface area contributed by atoms with Gasteiger partial charge in [0.1, 0.15) is 0 Å². The molecule has 0 N–H and O–H groups in total. The first-order valence-corrected chi connectivity index (χ1v) is 8.83. The van der Waals surface area contributed by atoms with Crippen molar-refractivity contribution >= 4 is 0 Å². The van der Waals surface area contributed by atoms with Crippen LogP contribution in [0.15, 0.2) is 0 Å². The molecule has 0 nitrogen and oxygen atoms in total. The second kappa shape index (κ2) is 7.22. The molecule has 108 valence electrons. The van der Waals surface area contributed by atoms with Crippen LogP contribution in [0.3, 0.4) is 0 Å². The first-order chi connectivity index (χ1) is 9.92. The number of hydrogen-bond donors (Lipinski definition) is 0. The van der Waals surface area contributed by atoms with Gasteiger partial charge in [-0.05, 0) is 55.8 Å². The Balaban J connectivity index is 1.69. The summed E-state index contributed by atoms with van der Waals surface area (Å²) in [6.07, 6.45) is 15.8. The molecule has 0 amide bonds. The number of fused-ring (bicyclic) bond motifs is 3. The van der Waals surface area contributed by atoms with Gasteiger partial charge in [-0.3, -0.25) is 0 Å². The summed E-state index contributed by atoms with van der Waals surface area (Å²) in [7, 11) is 0. The van der Waals surface area contributed by atoms with Crippen molar-refractivity contribution in [2.24, 2.45) is 23.7 Å². The van der Waals surface area contributed by atoms with Gasteiger partial charge in [0.25, 0.3) is 0 Å². The van der Waals surface area contributed by atoms with Crippen molar-refractivity contribution in [3.05, 3.63) is 0 Å². The first-order valence-electron chi connectivity index (χ1n) is 8.83. The second-order valence-corrected chi connectivity index (χ2v) is 7.23. The molecule has 3 aliphatic rings. The molecule has 0 aromatic rings. The SMILES string of the molecule is C1#CCC2CCCCC2CC#CCC2CCCC(C1)C2. The van der Waals surface area contributed by atoms with E-state index in [9.17, 15) is 0 Å². The third-order valence-electron chi connectivity index (χ3n) is 5.72. The van der Waals surface area contributed by atoms with Crippen LogP contribution in [0.1, 0.15) is 77.0 Å². The summed E-state index contributed by atoms with van der Waals surface area (Å²) in [5, 5.41) is 0. The molecule has 2 bridgehead atoms. The van der Waals surface area contributed by atoms with E-state index >= 15 is 0 Å². The van der Waals surface area contributed by atoms with Crippen LogP contribution in [0.25, 0.3) is 0 Å². The zero-order valence-electron chi connectivity index (χ0n) is 12.8. The third kappa shape index (κ3) is 3.82. The summed E-state index contributed by atoms with van der Waals surface area (Å²) >= 11 is 0. The lowest BCUT2D eigenvalue weighted by molar-refractivity contribution is 0.245. The van der Waals surface area contributed by atoms with Crippen molar-refractivity contribution in [1.82, 2.24) is 0 Å². The predicted molar refractivity (Wildman–Crippen MR) is 84.9 cm³/mol. The molecule has 0 radical (unpaired) electrons. The molecule has 3 aliphatic carbocycles. The summed E-state index contributed by atoms with van der Waals surface area (Å²) in [5.41, 5.74) is 0. The summed E-state index contributed by atoms with van der Waals surface area (Å²) in [4.78, 5) is 0. The van der Waals surface area contributed by atoms with Gasteiger partial charge in [-0.2, -0.15) is 0 Å². The van der Waals surface area contributed by atoms with E-state index in [-0.39, 0.29) is 0 Å². The highest BCUT2D eigenvalue weighted by Gasteiger charge is 2.24. The van der Waals surface area contributed by atoms with Gasteiger partial charge in [0.2, 0.25) is 0 Å². The molecule has 0 aliphatic heterocycles. The fraction of sp³-hybridized carbons (Fsp3) is 0.800. The minimum Gasteiger partial charge on any atom is -0.103 e. The molecule has 4 unspecified atom stereocenters. The quantitative estimate of drug-likeness (QED) is 0.531. The van der Waals surface area contributed by atoms with Crippen LogP contribution in [0, 0.1) is 47.4 Å². The molecule has 0 spiro atoms. The van der Waals surface area contributed by atoms with Crippen molar-refractivity contribution in [2.45, 2.75) is 77.0 Å². The van der Waals surface area contributed by atoms with E-state index in [2.05, 4.69) is 23.7 Å². The van der Waals surface area contributed by atoms with Crippen molar-refractivity contribution in [2.75, 3.05) is 0 Å². The van der Waals surface area contributed by atoms with Gasteiger partial charge in [-0.1, -0.05) is 19.3 Å². The summed E-state index contributed by atoms with van der Waals surface area (Å²) in [6, 6.07) is 0. The van der Waals surface area contributed by atoms with Crippen LogP contribution in [0.2, 0.25) is 0 Å². The number of hydrogen-bond acceptors (Lipinski definition) is 0. The van der Waals surface area contributed by atoms with E-state index in [1.54, 1.807) is 0 Å². The molecule has 0 heteroatoms. The molecule has 4 atom stereocenters. The highest BCUT2D eigenvalue weighted by atomic mass is 14.3. The molecule has 0 saturated heterocycles. The van der Waals surface area contributed by atoms with Crippen LogP contribution >= 0.6 is 0 Å². The molecule has 0 aromatic carbocycles. The highest BCUT2D eigenvalue weighted by Crippen LogP contribution is 2.35. The minimum atomic E-state index is 0.839. The lowest BCUT2D eigenvalue weighted by Crippen LogP contribution is -2.18. The Labute approximate surface area is 125 Å². The third-order valence-corrected chi connectivity index (χ3v) is 5.72. The van der Waals surface area contributed by atoms with E-state index in [0.29, 0.717) is 0 Å². The highest BCUT2D eigenvalue weighted by molar-refractivity contribution is 5.07. The van der Waals surface area contributed by atoms with Crippen LogP contribution < -0.4 is 0 Å². The molecular formula is C20H28. The lowest BCUT2D eigenvalue weighted by atomic mass is 9.76. The maximum atomic E-state index is 3.53. The van der Waals surface area contributed by atoms with E-state index in [4.69, 9.17) is 0 Å². The second-order valence-electron chi connectivity index (χ2n) is 7.23. The lowest BCUT2D eigenvalue weighted by Gasteiger charge is -2.28. The van der Waals surface area contributed by atoms with Crippen LogP contribution in [-0.2, 0) is 0 Å². The van der Waals surface area contributed by atoms with Gasteiger partial charge < -0.3 is 0 Å². The van der Waals surface area contributed by atoms with Gasteiger partial charge in [-0.15, -0.1) is 23.7 Å². The Hall–Kier alpha value is -0.880. The summed E-state index contributed by atoms with van der Waals surface area (Å²) in [5.74, 6) is 17.5. The van der Waals surface area contributed by atoms with Crippen LogP contribution in [0.4, 0.5) is 0 Å². The summed E-state index contributed by atoms with van der Waals surface area (Å²) < 4.78 is 0. The molecule has 20 heavy (non-hydrogen) atoms. The van der Waals surface area contributed by atoms with Crippen LogP contribution in [0.5, 0.6) is 0 Å². The maximum Gasteiger partial charge on any atom is 0.0120 e. The van der Waals surface area contributed by atoms with E-state index in [0.717, 1.165) is 49.4 Å². The first kappa shape index (κ1) is 14.1. The Kier molecular flexibility index (Phi) is 5.08. The molecule has 2 saturated carbocycles. The molecule has 0 aromatic heterocycles. The predicted octanol–water partition coefficient (Wildman–Crippen LogP) is 5.18. The number of rotatable bonds is 0. The maximum absolute atomic E-state index is 3.53. The van der Waals surface area contributed by atoms with E-state index in [1.807, 2.05) is 0 Å². The van der Waals surface area contributed by atoms with Crippen LogP contribution in [-0.4, -0.2) is 0 Å². The van der Waals surface area contributed by atoms with E-state index < -0.39 is 0 Å². The fourth-order valence-electron chi connectivity index (χ4n) is 4.43. The van der Waals surface area contributed by atoms with Gasteiger partial charge in [0.15, 0.2) is 0 Å². The zero-order chi connectivity index (χ0) is 13.6. The van der Waals surface area contributed by atoms with Gasteiger partial charge in [0, 0.05) is 25.7 Å². The Bertz CT molecular complexity index is 384. The van der Waals surface area contributed by atoms with Crippen molar-refractivity contribution in [3.8, 4) is 23.7 Å². The average molecular weight is 268 g/mol. The van der Waals surface area contributed by atoms with Gasteiger partial charge >= 0.3 is 0 Å². The fourth-order valence-corrected chi connectivity index (χ4v) is 4.43. The van der Waals surface area contributed by atoms with Crippen molar-refractivity contribution in [3.63, 3.8) is 0 Å². The van der Waals surface area contributed by atoms with Gasteiger partial charge in [0.05, 0.1) is 0 Å². The Morgan fingerprint density at radius 1 is 0.500 bits per heavy atom. The minimum absolute atomic E-state index is 0.839. The van der Waals surface area contributed by atoms with E-state index in [1.165, 1.54) is 51.4 Å². The average Bonchev–Trinajstić information content (AvgIpc) is 2.50. The Morgan fingerprint density at radius 2 is 1.00 bits per heavy atom. The normalized spacial score (nSPS) is 37.6. The van der Waals surface area contributed by atoms with Crippen molar-refractivity contribution in [1.29, 1.82) is 0 Å². The molecule has 0 heterocycles. The largest absolute Gasteiger partial charge is 0.103 e.